The van der Waals surface area contributed by atoms with Crippen LogP contribution in [0.4, 0.5) is 0 Å². The van der Waals surface area contributed by atoms with Crippen LogP contribution < -0.4 is 5.32 Å². The predicted molar refractivity (Wildman–Crippen MR) is 66.4 cm³/mol. The van der Waals surface area contributed by atoms with E-state index in [9.17, 15) is 0 Å². The van der Waals surface area contributed by atoms with Gasteiger partial charge in [0.25, 0.3) is 0 Å². The topological polar surface area (TPSA) is 24.9 Å². The summed E-state index contributed by atoms with van der Waals surface area (Å²) in [4.78, 5) is 6.95. The number of aromatic nitrogens is 1. The molecule has 4 heteroatoms. The van der Waals surface area contributed by atoms with Crippen molar-refractivity contribution in [3.05, 3.63) is 38.5 Å². The first-order chi connectivity index (χ1) is 7.25. The first-order valence-electron chi connectivity index (χ1n) is 4.94. The fourth-order valence-corrected chi connectivity index (χ4v) is 2.81. The Morgan fingerprint density at radius 2 is 2.40 bits per heavy atom. The van der Waals surface area contributed by atoms with Gasteiger partial charge in [-0.05, 0) is 25.3 Å². The Morgan fingerprint density at radius 3 is 3.00 bits per heavy atom. The van der Waals surface area contributed by atoms with E-state index in [2.05, 4.69) is 34.7 Å². The molecule has 0 fully saturated rings. The Morgan fingerprint density at radius 1 is 1.53 bits per heavy atom. The summed E-state index contributed by atoms with van der Waals surface area (Å²) >= 11 is 3.55. The molecule has 80 valence electrons. The van der Waals surface area contributed by atoms with E-state index in [-0.39, 0.29) is 0 Å². The van der Waals surface area contributed by atoms with Gasteiger partial charge in [0.1, 0.15) is 0 Å². The zero-order valence-electron chi connectivity index (χ0n) is 8.86. The Labute approximate surface area is 98.0 Å². The molecule has 0 radical (unpaired) electrons. The molecular formula is C11H14N2S2. The standard InChI is InChI=1S/C11H14N2S2/c1-8(11-7-13-9(2)15-11)12-6-10-4-3-5-14-10/h3-5,7-8,12H,6H2,1-2H3. The Kier molecular flexibility index (Phi) is 3.51. The summed E-state index contributed by atoms with van der Waals surface area (Å²) in [6, 6.07) is 4.63. The number of thiophene rings is 1. The van der Waals surface area contributed by atoms with Gasteiger partial charge in [-0.15, -0.1) is 22.7 Å². The van der Waals surface area contributed by atoms with Gasteiger partial charge in [0.2, 0.25) is 0 Å². The van der Waals surface area contributed by atoms with Crippen LogP contribution in [0.15, 0.2) is 23.7 Å². The van der Waals surface area contributed by atoms with E-state index in [1.165, 1.54) is 9.75 Å². The van der Waals surface area contributed by atoms with Crippen molar-refractivity contribution in [3.8, 4) is 0 Å². The molecule has 1 unspecified atom stereocenters. The van der Waals surface area contributed by atoms with Crippen LogP contribution in [0.3, 0.4) is 0 Å². The average molecular weight is 238 g/mol. The highest BCUT2D eigenvalue weighted by atomic mass is 32.1. The lowest BCUT2D eigenvalue weighted by Crippen LogP contribution is -2.16. The van der Waals surface area contributed by atoms with Gasteiger partial charge in [0.15, 0.2) is 0 Å². The van der Waals surface area contributed by atoms with Gasteiger partial charge < -0.3 is 5.32 Å². The zero-order valence-corrected chi connectivity index (χ0v) is 10.5. The second-order valence-electron chi connectivity index (χ2n) is 3.46. The first kappa shape index (κ1) is 10.8. The van der Waals surface area contributed by atoms with Crippen LogP contribution in [-0.2, 0) is 6.54 Å². The molecule has 0 aliphatic rings. The number of hydrogen-bond donors (Lipinski definition) is 1. The van der Waals surface area contributed by atoms with E-state index >= 15 is 0 Å². The van der Waals surface area contributed by atoms with Gasteiger partial charge in [-0.25, -0.2) is 4.98 Å². The smallest absolute Gasteiger partial charge is 0.0897 e. The fraction of sp³-hybridized carbons (Fsp3) is 0.364. The Bertz CT molecular complexity index is 406. The van der Waals surface area contributed by atoms with Gasteiger partial charge in [0, 0.05) is 28.5 Å². The van der Waals surface area contributed by atoms with Crippen LogP contribution in [0.5, 0.6) is 0 Å². The van der Waals surface area contributed by atoms with Gasteiger partial charge in [-0.1, -0.05) is 6.07 Å². The molecule has 0 spiro atoms. The summed E-state index contributed by atoms with van der Waals surface area (Å²) in [7, 11) is 0. The van der Waals surface area contributed by atoms with Crippen LogP contribution in [0.25, 0.3) is 0 Å². The molecule has 0 saturated carbocycles. The van der Waals surface area contributed by atoms with E-state index < -0.39 is 0 Å². The van der Waals surface area contributed by atoms with Crippen LogP contribution in [0, 0.1) is 6.92 Å². The molecule has 0 saturated heterocycles. The normalized spacial score (nSPS) is 12.9. The summed E-state index contributed by atoms with van der Waals surface area (Å²) in [6.45, 7) is 5.16. The maximum Gasteiger partial charge on any atom is 0.0897 e. The second kappa shape index (κ2) is 4.88. The van der Waals surface area contributed by atoms with Crippen molar-refractivity contribution in [2.24, 2.45) is 0 Å². The highest BCUT2D eigenvalue weighted by Gasteiger charge is 2.07. The molecule has 2 nitrogen and oxygen atoms in total. The molecule has 1 atom stereocenters. The van der Waals surface area contributed by atoms with Crippen LogP contribution in [0.2, 0.25) is 0 Å². The van der Waals surface area contributed by atoms with Gasteiger partial charge in [-0.3, -0.25) is 0 Å². The molecular weight excluding hydrogens is 224 g/mol. The minimum absolute atomic E-state index is 0.387. The maximum absolute atomic E-state index is 4.26. The van der Waals surface area contributed by atoms with Crippen LogP contribution in [-0.4, -0.2) is 4.98 Å². The fourth-order valence-electron chi connectivity index (χ4n) is 1.35. The average Bonchev–Trinajstić information content (AvgIpc) is 2.84. The monoisotopic (exact) mass is 238 g/mol. The Balaban J connectivity index is 1.90. The number of nitrogens with one attached hydrogen (secondary N) is 1. The van der Waals surface area contributed by atoms with Crippen LogP contribution in [0.1, 0.15) is 27.7 Å². The maximum atomic E-state index is 4.26. The third kappa shape index (κ3) is 2.87. The largest absolute Gasteiger partial charge is 0.304 e. The Hall–Kier alpha value is -0.710. The molecule has 2 aromatic rings. The van der Waals surface area contributed by atoms with Gasteiger partial charge >= 0.3 is 0 Å². The highest BCUT2D eigenvalue weighted by Crippen LogP contribution is 2.20. The summed E-state index contributed by atoms with van der Waals surface area (Å²) in [5.41, 5.74) is 0. The van der Waals surface area contributed by atoms with Gasteiger partial charge in [-0.2, -0.15) is 0 Å². The van der Waals surface area contributed by atoms with Crippen molar-refractivity contribution in [2.45, 2.75) is 26.4 Å². The zero-order chi connectivity index (χ0) is 10.7. The molecule has 0 amide bonds. The molecule has 2 heterocycles. The number of rotatable bonds is 4. The van der Waals surface area contributed by atoms with Crippen molar-refractivity contribution >= 4 is 22.7 Å². The third-order valence-electron chi connectivity index (χ3n) is 2.23. The predicted octanol–water partition coefficient (Wildman–Crippen LogP) is 3.36. The van der Waals surface area contributed by atoms with Crippen molar-refractivity contribution in [1.29, 1.82) is 0 Å². The summed E-state index contributed by atoms with van der Waals surface area (Å²) in [5, 5.41) is 6.74. The highest BCUT2D eigenvalue weighted by molar-refractivity contribution is 7.11. The minimum atomic E-state index is 0.387. The molecule has 0 aliphatic heterocycles. The van der Waals surface area contributed by atoms with Crippen LogP contribution >= 0.6 is 22.7 Å². The number of aryl methyl sites for hydroxylation is 1. The summed E-state index contributed by atoms with van der Waals surface area (Å²) in [5.74, 6) is 0. The summed E-state index contributed by atoms with van der Waals surface area (Å²) in [6.07, 6.45) is 1.96. The molecule has 2 aromatic heterocycles. The molecule has 0 aromatic carbocycles. The van der Waals surface area contributed by atoms with E-state index in [1.54, 1.807) is 22.7 Å². The van der Waals surface area contributed by atoms with Gasteiger partial charge in [0.05, 0.1) is 5.01 Å². The minimum Gasteiger partial charge on any atom is -0.304 e. The summed E-state index contributed by atoms with van der Waals surface area (Å²) < 4.78 is 0. The molecule has 2 rings (SSSR count). The van der Waals surface area contributed by atoms with Crippen molar-refractivity contribution in [1.82, 2.24) is 10.3 Å². The van der Waals surface area contributed by atoms with Crippen molar-refractivity contribution in [3.63, 3.8) is 0 Å². The van der Waals surface area contributed by atoms with E-state index in [0.29, 0.717) is 6.04 Å². The lowest BCUT2D eigenvalue weighted by Gasteiger charge is -2.10. The lowest BCUT2D eigenvalue weighted by atomic mass is 10.3. The molecule has 1 N–H and O–H groups in total. The SMILES string of the molecule is Cc1ncc(C(C)NCc2cccs2)s1. The number of thiazole rings is 1. The first-order valence-corrected chi connectivity index (χ1v) is 6.63. The number of nitrogens with zero attached hydrogens (tertiary/aromatic N) is 1. The van der Waals surface area contributed by atoms with E-state index in [0.717, 1.165) is 11.6 Å². The van der Waals surface area contributed by atoms with E-state index in [1.807, 2.05) is 13.1 Å². The quantitative estimate of drug-likeness (QED) is 0.883. The van der Waals surface area contributed by atoms with Crippen molar-refractivity contribution in [2.75, 3.05) is 0 Å². The number of hydrogen-bond acceptors (Lipinski definition) is 4. The third-order valence-corrected chi connectivity index (χ3v) is 4.20. The molecule has 0 bridgehead atoms. The lowest BCUT2D eigenvalue weighted by molar-refractivity contribution is 0.586. The molecule has 0 aliphatic carbocycles. The van der Waals surface area contributed by atoms with E-state index in [4.69, 9.17) is 0 Å². The van der Waals surface area contributed by atoms with Crippen molar-refractivity contribution < 1.29 is 0 Å². The second-order valence-corrected chi connectivity index (χ2v) is 5.76. The molecule has 15 heavy (non-hydrogen) atoms.